The molecule has 5 aromatic heterocycles. The Morgan fingerprint density at radius 3 is 2.66 bits per heavy atom. The third-order valence-corrected chi connectivity index (χ3v) is 6.68. The molecule has 0 aliphatic rings. The average Bonchev–Trinajstić information content (AvgIpc) is 3.56. The number of carbonyl (C=O) groups is 1. The van der Waals surface area contributed by atoms with Crippen LogP contribution in [0.25, 0.3) is 54.9 Å². The van der Waals surface area contributed by atoms with Crippen molar-refractivity contribution in [3.05, 3.63) is 72.3 Å². The van der Waals surface area contributed by atoms with Crippen LogP contribution < -0.4 is 0 Å². The highest BCUT2D eigenvalue weighted by atomic mass is 32.1. The summed E-state index contributed by atoms with van der Waals surface area (Å²) in [5, 5.41) is 9.67. The van der Waals surface area contributed by atoms with E-state index in [1.54, 1.807) is 25.5 Å². The standard InChI is InChI=1S/C24H16N6OS/c1-13(31)21-4-5-22(32-21)16-6-7-27-24-17(16)9-20(28-24)23-18-8-14(2-3-19(18)29-30-23)15-10-25-12-26-11-15/h2-12H,1H3,(H,27,28)(H,29,30). The third kappa shape index (κ3) is 3.00. The zero-order valence-electron chi connectivity index (χ0n) is 17.0. The quantitative estimate of drug-likeness (QED) is 0.356. The molecule has 0 bridgehead atoms. The number of nitrogens with zero attached hydrogens (tertiary/aromatic N) is 4. The Morgan fingerprint density at radius 2 is 1.84 bits per heavy atom. The van der Waals surface area contributed by atoms with E-state index in [-0.39, 0.29) is 5.78 Å². The number of pyridine rings is 1. The fourth-order valence-electron chi connectivity index (χ4n) is 3.89. The van der Waals surface area contributed by atoms with E-state index in [2.05, 4.69) is 42.3 Å². The van der Waals surface area contributed by atoms with Crippen LogP contribution in [0, 0.1) is 0 Å². The molecular formula is C24H16N6OS. The van der Waals surface area contributed by atoms with Gasteiger partial charge in [0.15, 0.2) is 5.78 Å². The molecule has 1 aromatic carbocycles. The van der Waals surface area contributed by atoms with Crippen molar-refractivity contribution in [1.82, 2.24) is 30.1 Å². The maximum absolute atomic E-state index is 11.7. The van der Waals surface area contributed by atoms with Crippen LogP contribution in [0.1, 0.15) is 16.6 Å². The Balaban J connectivity index is 1.49. The molecule has 5 heterocycles. The molecule has 0 spiro atoms. The molecule has 0 aliphatic carbocycles. The number of hydrogen-bond acceptors (Lipinski definition) is 6. The second-order valence-corrected chi connectivity index (χ2v) is 8.57. The predicted molar refractivity (Wildman–Crippen MR) is 126 cm³/mol. The fraction of sp³-hybridized carbons (Fsp3) is 0.0417. The van der Waals surface area contributed by atoms with Gasteiger partial charge in [-0.2, -0.15) is 5.10 Å². The lowest BCUT2D eigenvalue weighted by molar-refractivity contribution is 0.102. The van der Waals surface area contributed by atoms with Gasteiger partial charge < -0.3 is 4.98 Å². The summed E-state index contributed by atoms with van der Waals surface area (Å²) in [6, 6.07) is 14.0. The Labute approximate surface area is 186 Å². The number of carbonyl (C=O) groups excluding carboxylic acids is 1. The second-order valence-electron chi connectivity index (χ2n) is 7.48. The van der Waals surface area contributed by atoms with Crippen molar-refractivity contribution in [2.75, 3.05) is 0 Å². The first kappa shape index (κ1) is 18.6. The topological polar surface area (TPSA) is 100 Å². The first-order valence-electron chi connectivity index (χ1n) is 10.00. The number of Topliss-reactive ketones (excluding diaryl/α,β-unsaturated/α-hetero) is 1. The SMILES string of the molecule is CC(=O)c1ccc(-c2ccnc3[nH]c(-c4n[nH]c5ccc(-c6cncnc6)cc45)cc23)s1. The minimum atomic E-state index is 0.0731. The number of H-pyrrole nitrogens is 2. The van der Waals surface area contributed by atoms with Gasteiger partial charge >= 0.3 is 0 Å². The van der Waals surface area contributed by atoms with Crippen LogP contribution in [0.2, 0.25) is 0 Å². The molecule has 2 N–H and O–H groups in total. The molecule has 0 amide bonds. The van der Waals surface area contributed by atoms with Gasteiger partial charge in [0.2, 0.25) is 0 Å². The number of nitrogens with one attached hydrogen (secondary N) is 2. The maximum atomic E-state index is 11.7. The van der Waals surface area contributed by atoms with Crippen molar-refractivity contribution in [3.8, 4) is 33.0 Å². The Hall–Kier alpha value is -4.17. The van der Waals surface area contributed by atoms with Gasteiger partial charge in [0.05, 0.1) is 16.1 Å². The van der Waals surface area contributed by atoms with Gasteiger partial charge in [-0.05, 0) is 48.9 Å². The van der Waals surface area contributed by atoms with E-state index in [1.165, 1.54) is 17.7 Å². The molecule has 154 valence electrons. The lowest BCUT2D eigenvalue weighted by atomic mass is 10.0. The summed E-state index contributed by atoms with van der Waals surface area (Å²) >= 11 is 1.49. The molecule has 0 unspecified atom stereocenters. The number of thiophene rings is 1. The predicted octanol–water partition coefficient (Wildman–Crippen LogP) is 5.49. The Morgan fingerprint density at radius 1 is 0.969 bits per heavy atom. The molecule has 6 aromatic rings. The molecule has 32 heavy (non-hydrogen) atoms. The zero-order valence-corrected chi connectivity index (χ0v) is 17.8. The largest absolute Gasteiger partial charge is 0.338 e. The van der Waals surface area contributed by atoms with Crippen LogP contribution in [0.3, 0.4) is 0 Å². The number of aromatic amines is 2. The number of ketones is 1. The Kier molecular flexibility index (Phi) is 4.19. The summed E-state index contributed by atoms with van der Waals surface area (Å²) in [5.41, 5.74) is 6.41. The highest BCUT2D eigenvalue weighted by Gasteiger charge is 2.16. The van der Waals surface area contributed by atoms with E-state index >= 15 is 0 Å². The molecule has 8 heteroatoms. The monoisotopic (exact) mass is 436 g/mol. The van der Waals surface area contributed by atoms with Crippen molar-refractivity contribution in [1.29, 1.82) is 0 Å². The molecular weight excluding hydrogens is 420 g/mol. The highest BCUT2D eigenvalue weighted by Crippen LogP contribution is 2.36. The van der Waals surface area contributed by atoms with Crippen molar-refractivity contribution in [2.45, 2.75) is 6.92 Å². The Bertz CT molecular complexity index is 1610. The van der Waals surface area contributed by atoms with E-state index < -0.39 is 0 Å². The van der Waals surface area contributed by atoms with Gasteiger partial charge in [0.1, 0.15) is 17.7 Å². The summed E-state index contributed by atoms with van der Waals surface area (Å²) < 4.78 is 0. The van der Waals surface area contributed by atoms with Gasteiger partial charge in [-0.15, -0.1) is 11.3 Å². The van der Waals surface area contributed by atoms with Crippen LogP contribution in [0.5, 0.6) is 0 Å². The van der Waals surface area contributed by atoms with Gasteiger partial charge in [-0.1, -0.05) is 6.07 Å². The van der Waals surface area contributed by atoms with Crippen molar-refractivity contribution >= 4 is 39.1 Å². The third-order valence-electron chi connectivity index (χ3n) is 5.46. The van der Waals surface area contributed by atoms with Gasteiger partial charge in [0, 0.05) is 45.4 Å². The van der Waals surface area contributed by atoms with Gasteiger partial charge in [-0.25, -0.2) is 15.0 Å². The summed E-state index contributed by atoms with van der Waals surface area (Å²) in [7, 11) is 0. The summed E-state index contributed by atoms with van der Waals surface area (Å²) in [6.07, 6.45) is 6.89. The van der Waals surface area contributed by atoms with E-state index in [0.717, 1.165) is 59.8 Å². The number of rotatable bonds is 4. The molecule has 0 saturated carbocycles. The molecule has 0 aliphatic heterocycles. The minimum Gasteiger partial charge on any atom is -0.338 e. The summed E-state index contributed by atoms with van der Waals surface area (Å²) in [4.78, 5) is 29.7. The summed E-state index contributed by atoms with van der Waals surface area (Å²) in [6.45, 7) is 1.59. The van der Waals surface area contributed by atoms with Crippen LogP contribution in [0.4, 0.5) is 0 Å². The van der Waals surface area contributed by atoms with Crippen LogP contribution in [-0.4, -0.2) is 35.9 Å². The number of benzene rings is 1. The number of aromatic nitrogens is 6. The first-order chi connectivity index (χ1) is 15.7. The first-order valence-corrected chi connectivity index (χ1v) is 10.8. The smallest absolute Gasteiger partial charge is 0.169 e. The van der Waals surface area contributed by atoms with Crippen molar-refractivity contribution < 1.29 is 4.79 Å². The highest BCUT2D eigenvalue weighted by molar-refractivity contribution is 7.17. The fourth-order valence-corrected chi connectivity index (χ4v) is 4.83. The lowest BCUT2D eigenvalue weighted by Crippen LogP contribution is -1.83. The van der Waals surface area contributed by atoms with E-state index in [0.29, 0.717) is 0 Å². The summed E-state index contributed by atoms with van der Waals surface area (Å²) in [5.74, 6) is 0.0731. The van der Waals surface area contributed by atoms with Crippen LogP contribution in [-0.2, 0) is 0 Å². The zero-order chi connectivity index (χ0) is 21.7. The minimum absolute atomic E-state index is 0.0731. The maximum Gasteiger partial charge on any atom is 0.169 e. The molecule has 6 rings (SSSR count). The second kappa shape index (κ2) is 7.21. The van der Waals surface area contributed by atoms with E-state index in [9.17, 15) is 4.79 Å². The van der Waals surface area contributed by atoms with E-state index in [4.69, 9.17) is 0 Å². The average molecular weight is 437 g/mol. The molecule has 0 saturated heterocycles. The van der Waals surface area contributed by atoms with E-state index in [1.807, 2.05) is 30.3 Å². The number of hydrogen-bond donors (Lipinski definition) is 2. The van der Waals surface area contributed by atoms with Crippen molar-refractivity contribution in [3.63, 3.8) is 0 Å². The normalized spacial score (nSPS) is 11.4. The molecule has 0 radical (unpaired) electrons. The van der Waals surface area contributed by atoms with Gasteiger partial charge in [0.25, 0.3) is 0 Å². The molecule has 7 nitrogen and oxygen atoms in total. The van der Waals surface area contributed by atoms with Gasteiger partial charge in [-0.3, -0.25) is 9.89 Å². The van der Waals surface area contributed by atoms with Crippen LogP contribution in [0.15, 0.2) is 67.4 Å². The lowest BCUT2D eigenvalue weighted by Gasteiger charge is -2.01. The van der Waals surface area contributed by atoms with Crippen molar-refractivity contribution in [2.24, 2.45) is 0 Å². The van der Waals surface area contributed by atoms with Crippen LogP contribution >= 0.6 is 11.3 Å². The molecule has 0 fully saturated rings. The molecule has 0 atom stereocenters. The number of fused-ring (bicyclic) bond motifs is 2.